The minimum atomic E-state index is 0.194. The zero-order valence-electron chi connectivity index (χ0n) is 25.5. The van der Waals surface area contributed by atoms with Crippen LogP contribution in [0.1, 0.15) is 62.3 Å². The molecule has 234 valence electrons. The summed E-state index contributed by atoms with van der Waals surface area (Å²) in [6, 6.07) is 0.800. The molecule has 0 saturated heterocycles. The molecule has 0 unspecified atom stereocenters. The second-order valence-corrected chi connectivity index (χ2v) is 10.3. The summed E-state index contributed by atoms with van der Waals surface area (Å²) < 4.78 is 0. The molecule has 0 spiro atoms. The molecule has 0 aliphatic rings. The van der Waals surface area contributed by atoms with Gasteiger partial charge < -0.3 is 31.9 Å². The monoisotopic (exact) mass is 645 g/mol. The third kappa shape index (κ3) is 16.2. The van der Waals surface area contributed by atoms with Crippen molar-refractivity contribution in [3.8, 4) is 0 Å². The van der Waals surface area contributed by atoms with Gasteiger partial charge in [-0.2, -0.15) is 44.9 Å². The molecule has 3 heterocycles. The van der Waals surface area contributed by atoms with Gasteiger partial charge in [0.15, 0.2) is 0 Å². The number of nitrogens with zero attached hydrogens (tertiary/aromatic N) is 9. The smallest absolute Gasteiger partial charge is 0.228 e. The second kappa shape index (κ2) is 19.8. The van der Waals surface area contributed by atoms with Crippen molar-refractivity contribution in [3.63, 3.8) is 0 Å². The summed E-state index contributed by atoms with van der Waals surface area (Å²) in [4.78, 5) is 36.0. The summed E-state index contributed by atoms with van der Waals surface area (Å²) in [5.74, 6) is 2.98. The van der Waals surface area contributed by atoms with Gasteiger partial charge in [0.25, 0.3) is 0 Å². The Balaban J connectivity index is 0.000000315. The fraction of sp³-hybridized carbons (Fsp3) is 0.625. The van der Waals surface area contributed by atoms with E-state index >= 15 is 0 Å². The Kier molecular flexibility index (Phi) is 17.3. The molecule has 3 aromatic rings. The van der Waals surface area contributed by atoms with Gasteiger partial charge in [-0.3, -0.25) is 0 Å². The highest BCUT2D eigenvalue weighted by Crippen LogP contribution is 2.12. The first-order valence-corrected chi connectivity index (χ1v) is 14.7. The van der Waals surface area contributed by atoms with Crippen molar-refractivity contribution in [1.82, 2.24) is 44.9 Å². The first-order valence-electron chi connectivity index (χ1n) is 13.6. The maximum atomic E-state index is 5.73. The molecule has 42 heavy (non-hydrogen) atoms. The van der Waals surface area contributed by atoms with Crippen LogP contribution in [0.3, 0.4) is 0 Å². The van der Waals surface area contributed by atoms with E-state index in [0.717, 1.165) is 19.6 Å². The van der Waals surface area contributed by atoms with Crippen LogP contribution in [0.2, 0.25) is 15.9 Å². The standard InChI is InChI=1S/3C8H14ClN5/c3*1-4-10-7-12-6(9)13-8(14-7)11-5(2)3/h3*5H,4H2,1-3H3,(H2,10,11,12,13,14). The van der Waals surface area contributed by atoms with Gasteiger partial charge in [0.1, 0.15) is 0 Å². The van der Waals surface area contributed by atoms with Crippen molar-refractivity contribution < 1.29 is 0 Å². The molecule has 0 aromatic carbocycles. The van der Waals surface area contributed by atoms with E-state index in [1.807, 2.05) is 62.3 Å². The summed E-state index contributed by atoms with van der Waals surface area (Å²) in [7, 11) is 0. The van der Waals surface area contributed by atoms with Gasteiger partial charge >= 0.3 is 0 Å². The van der Waals surface area contributed by atoms with E-state index in [4.69, 9.17) is 34.8 Å². The van der Waals surface area contributed by atoms with E-state index in [0.29, 0.717) is 35.7 Å². The van der Waals surface area contributed by atoms with Crippen LogP contribution in [0.5, 0.6) is 0 Å². The lowest BCUT2D eigenvalue weighted by molar-refractivity contribution is 0.865. The van der Waals surface area contributed by atoms with E-state index in [2.05, 4.69) is 76.8 Å². The summed E-state index contributed by atoms with van der Waals surface area (Å²) >= 11 is 17.2. The van der Waals surface area contributed by atoms with Crippen molar-refractivity contribution in [2.45, 2.75) is 80.4 Å². The SMILES string of the molecule is CCNc1nc(Cl)nc(NC(C)C)n1.CCNc1nc(Cl)nc(NC(C)C)n1.CCNc1nc(Cl)nc(NC(C)C)n1. The van der Waals surface area contributed by atoms with Gasteiger partial charge in [-0.05, 0) is 97.1 Å². The topological polar surface area (TPSA) is 188 Å². The fourth-order valence-electron chi connectivity index (χ4n) is 2.73. The third-order valence-corrected chi connectivity index (χ3v) is 4.59. The Morgan fingerprint density at radius 1 is 0.405 bits per heavy atom. The Morgan fingerprint density at radius 2 is 0.619 bits per heavy atom. The highest BCUT2D eigenvalue weighted by Gasteiger charge is 2.06. The quantitative estimate of drug-likeness (QED) is 0.148. The van der Waals surface area contributed by atoms with Crippen LogP contribution in [0.15, 0.2) is 0 Å². The highest BCUT2D eigenvalue weighted by atomic mass is 35.5. The highest BCUT2D eigenvalue weighted by molar-refractivity contribution is 6.29. The van der Waals surface area contributed by atoms with E-state index in [1.54, 1.807) is 0 Å². The van der Waals surface area contributed by atoms with Gasteiger partial charge in [0.05, 0.1) is 0 Å². The van der Waals surface area contributed by atoms with E-state index < -0.39 is 0 Å². The molecule has 0 atom stereocenters. The van der Waals surface area contributed by atoms with Crippen molar-refractivity contribution in [2.24, 2.45) is 0 Å². The predicted octanol–water partition coefficient (Wildman–Crippen LogP) is 5.33. The summed E-state index contributed by atoms with van der Waals surface area (Å²) in [5, 5.41) is 18.7. The van der Waals surface area contributed by atoms with Gasteiger partial charge in [-0.1, -0.05) is 0 Å². The van der Waals surface area contributed by atoms with Crippen LogP contribution in [-0.4, -0.2) is 82.6 Å². The average molecular weight is 647 g/mol. The van der Waals surface area contributed by atoms with E-state index in [-0.39, 0.29) is 34.0 Å². The normalized spacial score (nSPS) is 10.4. The lowest BCUT2D eigenvalue weighted by Gasteiger charge is -2.09. The Hall–Kier alpha value is -3.30. The molecule has 3 rings (SSSR count). The van der Waals surface area contributed by atoms with Crippen molar-refractivity contribution in [1.29, 1.82) is 0 Å². The maximum Gasteiger partial charge on any atom is 0.228 e. The summed E-state index contributed by atoms with van der Waals surface area (Å²) in [6.45, 7) is 20.2. The average Bonchev–Trinajstić information content (AvgIpc) is 2.83. The van der Waals surface area contributed by atoms with E-state index in [1.165, 1.54) is 0 Å². The zero-order chi connectivity index (χ0) is 31.7. The number of nitrogens with one attached hydrogen (secondary N) is 6. The zero-order valence-corrected chi connectivity index (χ0v) is 27.8. The Bertz CT molecular complexity index is 1050. The molecule has 0 amide bonds. The predicted molar refractivity (Wildman–Crippen MR) is 173 cm³/mol. The summed E-state index contributed by atoms with van der Waals surface area (Å²) in [5.41, 5.74) is 0. The van der Waals surface area contributed by atoms with Gasteiger partial charge in [0, 0.05) is 37.8 Å². The number of halogens is 3. The molecule has 0 fully saturated rings. The van der Waals surface area contributed by atoms with Crippen molar-refractivity contribution >= 4 is 70.5 Å². The number of hydrogen-bond acceptors (Lipinski definition) is 15. The Morgan fingerprint density at radius 3 is 0.810 bits per heavy atom. The number of aromatic nitrogens is 9. The van der Waals surface area contributed by atoms with Gasteiger partial charge in [-0.15, -0.1) is 0 Å². The minimum absolute atomic E-state index is 0.194. The van der Waals surface area contributed by atoms with E-state index in [9.17, 15) is 0 Å². The maximum absolute atomic E-state index is 5.73. The fourth-order valence-corrected chi connectivity index (χ4v) is 3.21. The molecule has 18 heteroatoms. The molecular formula is C24H42Cl3N15. The number of anilines is 6. The first-order chi connectivity index (χ1) is 19.8. The minimum Gasteiger partial charge on any atom is -0.354 e. The molecule has 0 saturated carbocycles. The first kappa shape index (κ1) is 36.7. The number of hydrogen-bond donors (Lipinski definition) is 6. The van der Waals surface area contributed by atoms with Crippen LogP contribution < -0.4 is 31.9 Å². The lowest BCUT2D eigenvalue weighted by Crippen LogP contribution is -2.14. The lowest BCUT2D eigenvalue weighted by atomic mass is 10.4. The van der Waals surface area contributed by atoms with Crippen LogP contribution in [-0.2, 0) is 0 Å². The second-order valence-electron chi connectivity index (χ2n) is 9.24. The molecule has 0 aliphatic carbocycles. The van der Waals surface area contributed by atoms with Gasteiger partial charge in [-0.25, -0.2) is 0 Å². The van der Waals surface area contributed by atoms with Crippen LogP contribution >= 0.6 is 34.8 Å². The molecule has 3 aromatic heterocycles. The largest absolute Gasteiger partial charge is 0.354 e. The molecule has 15 nitrogen and oxygen atoms in total. The third-order valence-electron chi connectivity index (χ3n) is 4.08. The van der Waals surface area contributed by atoms with Crippen molar-refractivity contribution in [3.05, 3.63) is 15.9 Å². The summed E-state index contributed by atoms with van der Waals surface area (Å²) in [6.07, 6.45) is 0. The van der Waals surface area contributed by atoms with Crippen LogP contribution in [0.25, 0.3) is 0 Å². The molecule has 0 aliphatic heterocycles. The van der Waals surface area contributed by atoms with Crippen molar-refractivity contribution in [2.75, 3.05) is 51.5 Å². The molecule has 0 bridgehead atoms. The molecule has 6 N–H and O–H groups in total. The Labute approximate surface area is 262 Å². The van der Waals surface area contributed by atoms with Crippen LogP contribution in [0.4, 0.5) is 35.7 Å². The molecular weight excluding hydrogens is 605 g/mol. The molecule has 0 radical (unpaired) electrons. The van der Waals surface area contributed by atoms with Crippen LogP contribution in [0, 0.1) is 0 Å². The van der Waals surface area contributed by atoms with Gasteiger partial charge in [0.2, 0.25) is 51.5 Å². The number of rotatable bonds is 12.